The van der Waals surface area contributed by atoms with Gasteiger partial charge in [0.05, 0.1) is 7.11 Å². The van der Waals surface area contributed by atoms with Crippen LogP contribution in [-0.2, 0) is 0 Å². The molecule has 2 rings (SSSR count). The molecule has 0 amide bonds. The van der Waals surface area contributed by atoms with Crippen LogP contribution in [0.15, 0.2) is 42.5 Å². The molecule has 4 heteroatoms. The van der Waals surface area contributed by atoms with E-state index in [4.69, 9.17) is 4.74 Å². The van der Waals surface area contributed by atoms with Crippen molar-refractivity contribution in [2.45, 2.75) is 13.0 Å². The van der Waals surface area contributed by atoms with Crippen molar-refractivity contribution in [3.8, 4) is 11.5 Å². The third-order valence-electron chi connectivity index (χ3n) is 2.93. The van der Waals surface area contributed by atoms with E-state index in [2.05, 4.69) is 5.32 Å². The molecule has 3 nitrogen and oxygen atoms in total. The topological polar surface area (TPSA) is 41.5 Å². The first-order valence-electron chi connectivity index (χ1n) is 5.99. The second-order valence-electron chi connectivity index (χ2n) is 4.31. The van der Waals surface area contributed by atoms with Gasteiger partial charge in [0.15, 0.2) is 11.6 Å². The van der Waals surface area contributed by atoms with Crippen molar-refractivity contribution in [2.75, 3.05) is 12.4 Å². The molecule has 0 heterocycles. The number of phenols is 1. The second kappa shape index (κ2) is 5.61. The van der Waals surface area contributed by atoms with E-state index in [1.165, 1.54) is 13.2 Å². The van der Waals surface area contributed by atoms with Gasteiger partial charge in [-0.1, -0.05) is 12.1 Å². The van der Waals surface area contributed by atoms with Crippen LogP contribution in [0.3, 0.4) is 0 Å². The predicted octanol–water partition coefficient (Wildman–Crippen LogP) is 3.71. The Hall–Kier alpha value is -2.23. The minimum atomic E-state index is -0.384. The summed E-state index contributed by atoms with van der Waals surface area (Å²) in [5.41, 5.74) is 1.81. The van der Waals surface area contributed by atoms with Gasteiger partial charge in [0.1, 0.15) is 5.75 Å². The highest BCUT2D eigenvalue weighted by Gasteiger charge is 2.08. The average Bonchev–Trinajstić information content (AvgIpc) is 2.41. The summed E-state index contributed by atoms with van der Waals surface area (Å²) in [4.78, 5) is 0. The second-order valence-corrected chi connectivity index (χ2v) is 4.31. The first-order chi connectivity index (χ1) is 9.10. The number of anilines is 1. The summed E-state index contributed by atoms with van der Waals surface area (Å²) in [5, 5.41) is 12.5. The smallest absolute Gasteiger partial charge is 0.165 e. The molecule has 0 fully saturated rings. The molecule has 2 aromatic carbocycles. The highest BCUT2D eigenvalue weighted by molar-refractivity contribution is 5.50. The third kappa shape index (κ3) is 3.16. The molecule has 0 saturated carbocycles. The van der Waals surface area contributed by atoms with E-state index in [1.807, 2.05) is 19.1 Å². The SMILES string of the molecule is COc1cc(NC(C)c2ccc(O)cc2)ccc1F. The Kier molecular flexibility index (Phi) is 3.90. The van der Waals surface area contributed by atoms with Gasteiger partial charge in [0.2, 0.25) is 0 Å². The van der Waals surface area contributed by atoms with E-state index in [-0.39, 0.29) is 23.4 Å². The summed E-state index contributed by atoms with van der Waals surface area (Å²) in [7, 11) is 1.44. The molecule has 0 radical (unpaired) electrons. The lowest BCUT2D eigenvalue weighted by atomic mass is 10.1. The zero-order chi connectivity index (χ0) is 13.8. The van der Waals surface area contributed by atoms with Gasteiger partial charge in [-0.25, -0.2) is 4.39 Å². The molecule has 0 saturated heterocycles. The molecule has 0 aromatic heterocycles. The van der Waals surface area contributed by atoms with Crippen LogP contribution in [0.4, 0.5) is 10.1 Å². The first kappa shape index (κ1) is 13.2. The number of nitrogens with one attached hydrogen (secondary N) is 1. The highest BCUT2D eigenvalue weighted by atomic mass is 19.1. The molecule has 0 aliphatic heterocycles. The molecule has 0 bridgehead atoms. The van der Waals surface area contributed by atoms with Crippen LogP contribution in [0.5, 0.6) is 11.5 Å². The normalized spacial score (nSPS) is 11.9. The van der Waals surface area contributed by atoms with Crippen molar-refractivity contribution < 1.29 is 14.2 Å². The molecule has 0 aliphatic rings. The van der Waals surface area contributed by atoms with Crippen molar-refractivity contribution >= 4 is 5.69 Å². The van der Waals surface area contributed by atoms with Crippen LogP contribution in [0.1, 0.15) is 18.5 Å². The van der Waals surface area contributed by atoms with E-state index in [0.29, 0.717) is 0 Å². The van der Waals surface area contributed by atoms with Gasteiger partial charge in [-0.3, -0.25) is 0 Å². The van der Waals surface area contributed by atoms with Gasteiger partial charge in [-0.2, -0.15) is 0 Å². The number of benzene rings is 2. The maximum atomic E-state index is 13.3. The van der Waals surface area contributed by atoms with Gasteiger partial charge in [-0.05, 0) is 36.8 Å². The lowest BCUT2D eigenvalue weighted by Crippen LogP contribution is -2.06. The van der Waals surface area contributed by atoms with Gasteiger partial charge in [0.25, 0.3) is 0 Å². The Labute approximate surface area is 111 Å². The number of ether oxygens (including phenoxy) is 1. The Bertz CT molecular complexity index is 555. The van der Waals surface area contributed by atoms with Gasteiger partial charge in [0, 0.05) is 17.8 Å². The van der Waals surface area contributed by atoms with Crippen molar-refractivity contribution in [3.63, 3.8) is 0 Å². The maximum Gasteiger partial charge on any atom is 0.165 e. The van der Waals surface area contributed by atoms with Crippen LogP contribution in [0, 0.1) is 5.82 Å². The zero-order valence-corrected chi connectivity index (χ0v) is 10.9. The number of rotatable bonds is 4. The molecule has 100 valence electrons. The number of phenolic OH excluding ortho intramolecular Hbond substituents is 1. The zero-order valence-electron chi connectivity index (χ0n) is 10.9. The van der Waals surface area contributed by atoms with Gasteiger partial charge in [-0.15, -0.1) is 0 Å². The van der Waals surface area contributed by atoms with Gasteiger partial charge < -0.3 is 15.2 Å². The predicted molar refractivity (Wildman–Crippen MR) is 73.1 cm³/mol. The fourth-order valence-electron chi connectivity index (χ4n) is 1.85. The van der Waals surface area contributed by atoms with Crippen molar-refractivity contribution in [1.82, 2.24) is 0 Å². The van der Waals surface area contributed by atoms with Crippen LogP contribution in [-0.4, -0.2) is 12.2 Å². The molecular weight excluding hydrogens is 245 g/mol. The quantitative estimate of drug-likeness (QED) is 0.881. The summed E-state index contributed by atoms with van der Waals surface area (Å²) in [6.45, 7) is 1.99. The molecule has 0 spiro atoms. The third-order valence-corrected chi connectivity index (χ3v) is 2.93. The summed E-state index contributed by atoms with van der Waals surface area (Å²) in [5.74, 6) is 0.0626. The fraction of sp³-hybridized carbons (Fsp3) is 0.200. The van der Waals surface area contributed by atoms with Gasteiger partial charge >= 0.3 is 0 Å². The van der Waals surface area contributed by atoms with Crippen molar-refractivity contribution in [2.24, 2.45) is 0 Å². The monoisotopic (exact) mass is 261 g/mol. The van der Waals surface area contributed by atoms with E-state index >= 15 is 0 Å². The number of aromatic hydroxyl groups is 1. The van der Waals surface area contributed by atoms with Crippen LogP contribution >= 0.6 is 0 Å². The molecule has 0 aliphatic carbocycles. The number of halogens is 1. The van der Waals surface area contributed by atoms with E-state index in [0.717, 1.165) is 11.3 Å². The minimum absolute atomic E-state index is 0.0377. The Morgan fingerprint density at radius 1 is 1.16 bits per heavy atom. The molecular formula is C15H16FNO2. The number of hydrogen-bond donors (Lipinski definition) is 2. The Balaban J connectivity index is 2.14. The number of hydrogen-bond acceptors (Lipinski definition) is 3. The van der Waals surface area contributed by atoms with Crippen molar-refractivity contribution in [1.29, 1.82) is 0 Å². The van der Waals surface area contributed by atoms with Crippen LogP contribution in [0.2, 0.25) is 0 Å². The maximum absolute atomic E-state index is 13.3. The fourth-order valence-corrected chi connectivity index (χ4v) is 1.85. The molecule has 2 N–H and O–H groups in total. The minimum Gasteiger partial charge on any atom is -0.508 e. The van der Waals surface area contributed by atoms with E-state index in [1.54, 1.807) is 24.3 Å². The summed E-state index contributed by atoms with van der Waals surface area (Å²) in [6, 6.07) is 11.6. The lowest BCUT2D eigenvalue weighted by molar-refractivity contribution is 0.387. The first-order valence-corrected chi connectivity index (χ1v) is 5.99. The highest BCUT2D eigenvalue weighted by Crippen LogP contribution is 2.25. The van der Waals surface area contributed by atoms with Crippen LogP contribution < -0.4 is 10.1 Å². The number of methoxy groups -OCH3 is 1. The van der Waals surface area contributed by atoms with E-state index < -0.39 is 0 Å². The van der Waals surface area contributed by atoms with Crippen LogP contribution in [0.25, 0.3) is 0 Å². The molecule has 1 atom stereocenters. The average molecular weight is 261 g/mol. The summed E-state index contributed by atoms with van der Waals surface area (Å²) in [6.07, 6.45) is 0. The Morgan fingerprint density at radius 3 is 2.47 bits per heavy atom. The Morgan fingerprint density at radius 2 is 1.84 bits per heavy atom. The largest absolute Gasteiger partial charge is 0.508 e. The lowest BCUT2D eigenvalue weighted by Gasteiger charge is -2.16. The molecule has 19 heavy (non-hydrogen) atoms. The summed E-state index contributed by atoms with van der Waals surface area (Å²) < 4.78 is 18.2. The standard InChI is InChI=1S/C15H16FNO2/c1-10(11-3-6-13(18)7-4-11)17-12-5-8-14(16)15(9-12)19-2/h3-10,17-18H,1-2H3. The van der Waals surface area contributed by atoms with Crippen molar-refractivity contribution in [3.05, 3.63) is 53.8 Å². The molecule has 1 unspecified atom stereocenters. The molecule has 2 aromatic rings. The summed E-state index contributed by atoms with van der Waals surface area (Å²) >= 11 is 0. The van der Waals surface area contributed by atoms with E-state index in [9.17, 15) is 9.50 Å².